The lowest BCUT2D eigenvalue weighted by molar-refractivity contribution is -0.137. The SMILES string of the molecule is O=C(CNC(=O)c1cccc(C(F)(F)F)c1)N[C@@]1(C2C3CCC2CC(O)(c2ccccn2)C3)CCNC1. The summed E-state index contributed by atoms with van der Waals surface area (Å²) in [5.41, 5.74) is -1.88. The summed E-state index contributed by atoms with van der Waals surface area (Å²) >= 11 is 0. The number of aliphatic hydroxyl groups is 1. The number of nitrogens with one attached hydrogen (secondary N) is 3. The van der Waals surface area contributed by atoms with E-state index in [2.05, 4.69) is 20.9 Å². The Morgan fingerprint density at radius 1 is 1.11 bits per heavy atom. The van der Waals surface area contributed by atoms with E-state index in [-0.39, 0.29) is 35.8 Å². The van der Waals surface area contributed by atoms with Crippen LogP contribution in [0.25, 0.3) is 0 Å². The van der Waals surface area contributed by atoms with E-state index in [4.69, 9.17) is 0 Å². The zero-order chi connectivity index (χ0) is 26.3. The van der Waals surface area contributed by atoms with Crippen molar-refractivity contribution < 1.29 is 27.9 Å². The standard InChI is InChI=1S/C27H31F3N4O3/c28-27(29,30)20-5-3-4-17(12-20)24(36)33-15-22(35)34-25(9-11-31-16-25)23-18-7-8-19(23)14-26(37,13-18)21-6-1-2-10-32-21/h1-6,10,12,18-19,23,31,37H,7-9,11,13-16H2,(H,33,36)(H,34,35)/t18?,19?,23?,25-,26?/m0/s1. The predicted molar refractivity (Wildman–Crippen MR) is 129 cm³/mol. The van der Waals surface area contributed by atoms with Gasteiger partial charge in [0.1, 0.15) is 5.60 Å². The van der Waals surface area contributed by atoms with E-state index in [9.17, 15) is 27.9 Å². The van der Waals surface area contributed by atoms with Crippen LogP contribution in [0.15, 0.2) is 48.7 Å². The summed E-state index contributed by atoms with van der Waals surface area (Å²) < 4.78 is 39.0. The third-order valence-corrected chi connectivity index (χ3v) is 8.34. The fourth-order valence-corrected chi connectivity index (χ4v) is 6.94. The first-order valence-electron chi connectivity index (χ1n) is 12.7. The molecular formula is C27H31F3N4O3. The van der Waals surface area contributed by atoms with Crippen molar-refractivity contribution in [3.8, 4) is 0 Å². The molecule has 198 valence electrons. The first-order valence-corrected chi connectivity index (χ1v) is 12.7. The molecule has 1 aromatic carbocycles. The Labute approximate surface area is 213 Å². The molecule has 37 heavy (non-hydrogen) atoms. The summed E-state index contributed by atoms with van der Waals surface area (Å²) in [6, 6.07) is 9.70. The van der Waals surface area contributed by atoms with Crippen LogP contribution in [0, 0.1) is 17.8 Å². The van der Waals surface area contributed by atoms with Crippen LogP contribution in [-0.2, 0) is 16.6 Å². The van der Waals surface area contributed by atoms with Crippen LogP contribution in [0.5, 0.6) is 0 Å². The van der Waals surface area contributed by atoms with Crippen molar-refractivity contribution in [2.24, 2.45) is 17.8 Å². The topological polar surface area (TPSA) is 103 Å². The number of nitrogens with zero attached hydrogens (tertiary/aromatic N) is 1. The maximum Gasteiger partial charge on any atom is 0.416 e. The molecule has 1 saturated heterocycles. The Bertz CT molecular complexity index is 1140. The van der Waals surface area contributed by atoms with Crippen molar-refractivity contribution in [2.75, 3.05) is 19.6 Å². The van der Waals surface area contributed by atoms with Gasteiger partial charge in [0.05, 0.1) is 23.3 Å². The molecular weight excluding hydrogens is 485 g/mol. The van der Waals surface area contributed by atoms with Gasteiger partial charge in [-0.15, -0.1) is 0 Å². The second-order valence-electron chi connectivity index (χ2n) is 10.7. The van der Waals surface area contributed by atoms with Gasteiger partial charge in [-0.3, -0.25) is 14.6 Å². The molecule has 3 fully saturated rings. The first kappa shape index (κ1) is 25.7. The van der Waals surface area contributed by atoms with E-state index in [0.717, 1.165) is 37.9 Å². The van der Waals surface area contributed by atoms with Gasteiger partial charge in [0.2, 0.25) is 5.91 Å². The lowest BCUT2D eigenvalue weighted by atomic mass is 9.62. The normalized spacial score (nSPS) is 31.2. The number of benzene rings is 1. The third-order valence-electron chi connectivity index (χ3n) is 8.34. The smallest absolute Gasteiger partial charge is 0.384 e. The van der Waals surface area contributed by atoms with Gasteiger partial charge in [-0.05, 0) is 86.7 Å². The zero-order valence-corrected chi connectivity index (χ0v) is 20.4. The average Bonchev–Trinajstić information content (AvgIpc) is 3.45. The molecule has 2 aliphatic carbocycles. The van der Waals surface area contributed by atoms with Crippen molar-refractivity contribution in [1.82, 2.24) is 20.9 Å². The molecule has 1 aromatic heterocycles. The minimum absolute atomic E-state index is 0.154. The largest absolute Gasteiger partial charge is 0.416 e. The number of carbonyl (C=O) groups excluding carboxylic acids is 2. The van der Waals surface area contributed by atoms with Crippen LogP contribution >= 0.6 is 0 Å². The van der Waals surface area contributed by atoms with Crippen molar-refractivity contribution in [3.63, 3.8) is 0 Å². The molecule has 4 N–H and O–H groups in total. The quantitative estimate of drug-likeness (QED) is 0.473. The van der Waals surface area contributed by atoms with Gasteiger partial charge in [0.25, 0.3) is 5.91 Å². The Morgan fingerprint density at radius 3 is 2.49 bits per heavy atom. The summed E-state index contributed by atoms with van der Waals surface area (Å²) in [6.07, 6.45) is 0.960. The molecule has 3 atom stereocenters. The molecule has 3 aliphatic rings. The Hall–Kier alpha value is -2.98. The van der Waals surface area contributed by atoms with E-state index < -0.39 is 28.8 Å². The Morgan fingerprint density at radius 2 is 1.86 bits per heavy atom. The molecule has 1 aliphatic heterocycles. The van der Waals surface area contributed by atoms with E-state index in [1.54, 1.807) is 6.20 Å². The monoisotopic (exact) mass is 516 g/mol. The number of halogens is 3. The number of aromatic nitrogens is 1. The zero-order valence-electron chi connectivity index (χ0n) is 20.4. The van der Waals surface area contributed by atoms with Crippen LogP contribution in [0.1, 0.15) is 53.7 Å². The van der Waals surface area contributed by atoms with Crippen molar-refractivity contribution >= 4 is 11.8 Å². The number of pyridine rings is 1. The van der Waals surface area contributed by atoms with E-state index in [0.29, 0.717) is 25.1 Å². The number of fused-ring (bicyclic) bond motifs is 2. The number of carbonyl (C=O) groups is 2. The van der Waals surface area contributed by atoms with Gasteiger partial charge in [0, 0.05) is 18.3 Å². The molecule has 2 heterocycles. The first-order chi connectivity index (χ1) is 17.6. The molecule has 2 bridgehead atoms. The molecule has 2 unspecified atom stereocenters. The minimum Gasteiger partial charge on any atom is -0.384 e. The van der Waals surface area contributed by atoms with E-state index >= 15 is 0 Å². The van der Waals surface area contributed by atoms with Crippen LogP contribution in [-0.4, -0.2) is 47.1 Å². The highest BCUT2D eigenvalue weighted by Crippen LogP contribution is 2.57. The number of alkyl halides is 3. The average molecular weight is 517 g/mol. The maximum absolute atomic E-state index is 13.0. The molecule has 2 amide bonds. The predicted octanol–water partition coefficient (Wildman–Crippen LogP) is 3.00. The number of hydrogen-bond donors (Lipinski definition) is 4. The van der Waals surface area contributed by atoms with Gasteiger partial charge in [-0.25, -0.2) is 0 Å². The van der Waals surface area contributed by atoms with Crippen LogP contribution < -0.4 is 16.0 Å². The molecule has 0 radical (unpaired) electrons. The Balaban J connectivity index is 1.26. The Kier molecular flexibility index (Phi) is 6.74. The van der Waals surface area contributed by atoms with Gasteiger partial charge in [0.15, 0.2) is 0 Å². The van der Waals surface area contributed by atoms with E-state index in [1.807, 2.05) is 18.2 Å². The summed E-state index contributed by atoms with van der Waals surface area (Å²) in [5.74, 6) is -0.516. The van der Waals surface area contributed by atoms with Crippen LogP contribution in [0.3, 0.4) is 0 Å². The van der Waals surface area contributed by atoms with Crippen LogP contribution in [0.4, 0.5) is 13.2 Å². The molecule has 10 heteroatoms. The van der Waals surface area contributed by atoms with Gasteiger partial charge >= 0.3 is 6.18 Å². The second kappa shape index (κ2) is 9.72. The lowest BCUT2D eigenvalue weighted by Gasteiger charge is -2.49. The summed E-state index contributed by atoms with van der Waals surface area (Å²) in [7, 11) is 0. The highest BCUT2D eigenvalue weighted by molar-refractivity contribution is 5.96. The second-order valence-corrected chi connectivity index (χ2v) is 10.7. The maximum atomic E-state index is 13.0. The molecule has 0 spiro atoms. The number of hydrogen-bond acceptors (Lipinski definition) is 5. The van der Waals surface area contributed by atoms with Gasteiger partial charge in [-0.1, -0.05) is 12.1 Å². The molecule has 2 aromatic rings. The number of rotatable bonds is 6. The number of amides is 2. The molecule has 7 nitrogen and oxygen atoms in total. The molecule has 2 saturated carbocycles. The van der Waals surface area contributed by atoms with Gasteiger partial charge < -0.3 is 21.1 Å². The van der Waals surface area contributed by atoms with E-state index in [1.165, 1.54) is 12.1 Å². The summed E-state index contributed by atoms with van der Waals surface area (Å²) in [5, 5.41) is 20.5. The highest BCUT2D eigenvalue weighted by atomic mass is 19.4. The van der Waals surface area contributed by atoms with Crippen molar-refractivity contribution in [1.29, 1.82) is 0 Å². The fourth-order valence-electron chi connectivity index (χ4n) is 6.94. The van der Waals surface area contributed by atoms with Crippen LogP contribution in [0.2, 0.25) is 0 Å². The minimum atomic E-state index is -4.56. The summed E-state index contributed by atoms with van der Waals surface area (Å²) in [4.78, 5) is 29.9. The summed E-state index contributed by atoms with van der Waals surface area (Å²) in [6.45, 7) is 1.01. The van der Waals surface area contributed by atoms with Gasteiger partial charge in [-0.2, -0.15) is 13.2 Å². The van der Waals surface area contributed by atoms with Crippen molar-refractivity contribution in [2.45, 2.75) is 49.4 Å². The fraction of sp³-hybridized carbons (Fsp3) is 0.519. The highest BCUT2D eigenvalue weighted by Gasteiger charge is 2.58. The third kappa shape index (κ3) is 5.09. The van der Waals surface area contributed by atoms with Crippen molar-refractivity contribution in [3.05, 3.63) is 65.5 Å². The molecule has 5 rings (SSSR count). The lowest BCUT2D eigenvalue weighted by Crippen LogP contribution is -2.61.